The molecule has 0 N–H and O–H groups in total. The Labute approximate surface area is 134 Å². The molecule has 0 heterocycles. The minimum absolute atomic E-state index is 0.0879. The number of hydrogen-bond donors (Lipinski definition) is 0. The Hall–Kier alpha value is -0.0151. The molecule has 2 nitrogen and oxygen atoms in total. The first-order valence-electron chi connectivity index (χ1n) is 8.34. The van der Waals surface area contributed by atoms with Crippen LogP contribution in [0.3, 0.4) is 0 Å². The van der Waals surface area contributed by atoms with Gasteiger partial charge in [0.2, 0.25) is 0 Å². The summed E-state index contributed by atoms with van der Waals surface area (Å²) in [5, 5.41) is 0. The van der Waals surface area contributed by atoms with Gasteiger partial charge in [0.1, 0.15) is 0 Å². The molecule has 0 aliphatic carbocycles. The van der Waals surface area contributed by atoms with Gasteiger partial charge in [0.05, 0.1) is 19.6 Å². The van der Waals surface area contributed by atoms with Gasteiger partial charge in [0.15, 0.2) is 0 Å². The maximum Gasteiger partial charge on any atom is 0.0703 e. The van der Waals surface area contributed by atoms with Crippen molar-refractivity contribution in [1.29, 1.82) is 0 Å². The van der Waals surface area contributed by atoms with Gasteiger partial charge < -0.3 is 9.47 Å². The molecule has 0 aliphatic heterocycles. The van der Waals surface area contributed by atoms with E-state index in [9.17, 15) is 0 Å². The summed E-state index contributed by atoms with van der Waals surface area (Å²) < 4.78 is 11.7. The van der Waals surface area contributed by atoms with Gasteiger partial charge >= 0.3 is 0 Å². The van der Waals surface area contributed by atoms with Gasteiger partial charge in [-0.15, -0.1) is 0 Å². The van der Waals surface area contributed by atoms with E-state index in [-0.39, 0.29) is 28.4 Å². The van der Waals surface area contributed by atoms with Crippen molar-refractivity contribution in [3.63, 3.8) is 0 Å². The first-order chi connectivity index (χ1) is 9.42. The normalized spacial score (nSPS) is 19.1. The van der Waals surface area contributed by atoms with Gasteiger partial charge in [-0.05, 0) is 50.9 Å². The van der Waals surface area contributed by atoms with E-state index < -0.39 is 0 Å². The Morgan fingerprint density at radius 1 is 1.05 bits per heavy atom. The molecule has 0 amide bonds. The molecule has 0 rings (SSSR count). The molecule has 0 aliphatic rings. The van der Waals surface area contributed by atoms with Crippen LogP contribution in [0.1, 0.15) is 74.7 Å². The summed E-state index contributed by atoms with van der Waals surface area (Å²) in [6.45, 7) is 18.4. The molecule has 0 saturated heterocycles. The monoisotopic (exact) mass is 296 g/mol. The molecule has 0 spiro atoms. The molecule has 21 heavy (non-hydrogen) atoms. The summed E-state index contributed by atoms with van der Waals surface area (Å²) in [6, 6.07) is 0. The van der Waals surface area contributed by atoms with Gasteiger partial charge in [-0.25, -0.2) is 0 Å². The molecule has 2 radical (unpaired) electrons. The number of methoxy groups -OCH3 is 1. The third kappa shape index (κ3) is 5.94. The fourth-order valence-electron chi connectivity index (χ4n) is 2.84. The van der Waals surface area contributed by atoms with Crippen LogP contribution in [0.15, 0.2) is 0 Å². The maximum absolute atomic E-state index is 6.47. The van der Waals surface area contributed by atoms with Crippen molar-refractivity contribution in [2.24, 2.45) is 10.8 Å². The average Bonchev–Trinajstić information content (AvgIpc) is 2.33. The molecule has 0 bridgehead atoms. The van der Waals surface area contributed by atoms with Crippen molar-refractivity contribution in [3.05, 3.63) is 0 Å². The lowest BCUT2D eigenvalue weighted by Gasteiger charge is -2.46. The van der Waals surface area contributed by atoms with Crippen molar-refractivity contribution in [2.45, 2.75) is 92.2 Å². The van der Waals surface area contributed by atoms with E-state index in [1.54, 1.807) is 7.11 Å². The quantitative estimate of drug-likeness (QED) is 0.527. The van der Waals surface area contributed by atoms with Crippen molar-refractivity contribution in [3.8, 4) is 0 Å². The first-order valence-corrected chi connectivity index (χ1v) is 8.34. The number of ether oxygens (including phenoxy) is 2. The van der Waals surface area contributed by atoms with Crippen molar-refractivity contribution >= 4 is 7.85 Å². The zero-order valence-electron chi connectivity index (χ0n) is 15.9. The fraction of sp³-hybridized carbons (Fsp3) is 1.00. The van der Waals surface area contributed by atoms with Crippen LogP contribution >= 0.6 is 0 Å². The highest BCUT2D eigenvalue weighted by atomic mass is 16.5. The summed E-state index contributed by atoms with van der Waals surface area (Å²) >= 11 is 0. The zero-order valence-corrected chi connectivity index (χ0v) is 15.9. The van der Waals surface area contributed by atoms with Crippen LogP contribution in [-0.4, -0.2) is 33.3 Å². The second-order valence-electron chi connectivity index (χ2n) is 8.08. The highest BCUT2D eigenvalue weighted by molar-refractivity contribution is 6.11. The maximum atomic E-state index is 6.47. The van der Waals surface area contributed by atoms with E-state index in [1.807, 2.05) is 0 Å². The fourth-order valence-corrected chi connectivity index (χ4v) is 2.84. The van der Waals surface area contributed by atoms with E-state index in [0.717, 1.165) is 25.9 Å². The van der Waals surface area contributed by atoms with Crippen LogP contribution in [0.25, 0.3) is 0 Å². The zero-order chi connectivity index (χ0) is 16.9. The lowest BCUT2D eigenvalue weighted by Crippen LogP contribution is -2.46. The van der Waals surface area contributed by atoms with Crippen LogP contribution in [0, 0.1) is 10.8 Å². The summed E-state index contributed by atoms with van der Waals surface area (Å²) in [5.41, 5.74) is 0.00794. The molecule has 0 aromatic rings. The summed E-state index contributed by atoms with van der Waals surface area (Å²) in [5.74, 6) is 0.165. The van der Waals surface area contributed by atoms with Gasteiger partial charge in [-0.3, -0.25) is 0 Å². The Morgan fingerprint density at radius 3 is 1.95 bits per heavy atom. The summed E-state index contributed by atoms with van der Waals surface area (Å²) in [4.78, 5) is 0. The van der Waals surface area contributed by atoms with Gasteiger partial charge in [0, 0.05) is 13.7 Å². The van der Waals surface area contributed by atoms with E-state index in [2.05, 4.69) is 55.4 Å². The molecule has 0 saturated carbocycles. The minimum Gasteiger partial charge on any atom is -0.385 e. The largest absolute Gasteiger partial charge is 0.385 e. The molecular weight excluding hydrogens is 259 g/mol. The predicted octanol–water partition coefficient (Wildman–Crippen LogP) is 5.02. The van der Waals surface area contributed by atoms with E-state index >= 15 is 0 Å². The molecule has 124 valence electrons. The highest BCUT2D eigenvalue weighted by Crippen LogP contribution is 2.43. The number of hydrogen-bond acceptors (Lipinski definition) is 2. The average molecular weight is 296 g/mol. The van der Waals surface area contributed by atoms with Crippen LogP contribution in [0.5, 0.6) is 0 Å². The molecule has 0 fully saturated rings. The van der Waals surface area contributed by atoms with Gasteiger partial charge in [-0.1, -0.05) is 40.4 Å². The first kappa shape index (κ1) is 21.0. The summed E-state index contributed by atoms with van der Waals surface area (Å²) in [7, 11) is 7.85. The van der Waals surface area contributed by atoms with Crippen LogP contribution in [-0.2, 0) is 9.47 Å². The Kier molecular flexibility index (Phi) is 8.01. The lowest BCUT2D eigenvalue weighted by molar-refractivity contribution is -0.152. The molecule has 3 heteroatoms. The lowest BCUT2D eigenvalue weighted by atomic mass is 9.66. The van der Waals surface area contributed by atoms with Gasteiger partial charge in [-0.2, -0.15) is 0 Å². The Balaban J connectivity index is 4.84. The third-order valence-corrected chi connectivity index (χ3v) is 5.63. The summed E-state index contributed by atoms with van der Waals surface area (Å²) in [6.07, 6.45) is 3.25. The van der Waals surface area contributed by atoms with Crippen LogP contribution in [0.4, 0.5) is 0 Å². The molecule has 0 aromatic carbocycles. The SMILES string of the molecule is [B]C(C)C(C)(C)CC(C)OC(C)(C)C(C)(CC)CCOC. The van der Waals surface area contributed by atoms with E-state index in [4.69, 9.17) is 17.3 Å². The Bertz CT molecular complexity index is 300. The second kappa shape index (κ2) is 8.01. The van der Waals surface area contributed by atoms with E-state index in [1.165, 1.54) is 0 Å². The van der Waals surface area contributed by atoms with Crippen LogP contribution < -0.4 is 0 Å². The number of rotatable bonds is 10. The van der Waals surface area contributed by atoms with Crippen LogP contribution in [0.2, 0.25) is 5.82 Å². The molecular formula is C18H37BO2. The molecule has 0 aromatic heterocycles. The minimum atomic E-state index is -0.187. The Morgan fingerprint density at radius 2 is 1.57 bits per heavy atom. The van der Waals surface area contributed by atoms with Crippen molar-refractivity contribution in [1.82, 2.24) is 0 Å². The third-order valence-electron chi connectivity index (χ3n) is 5.63. The standard InChI is InChI=1S/C18H37BO2/c1-10-18(8,11-12-20-9)17(6,7)21-14(2)13-16(4,5)15(3)19/h14-15H,10-13H2,1-9H3. The second-order valence-corrected chi connectivity index (χ2v) is 8.08. The smallest absolute Gasteiger partial charge is 0.0703 e. The van der Waals surface area contributed by atoms with Crippen molar-refractivity contribution in [2.75, 3.05) is 13.7 Å². The molecule has 3 atom stereocenters. The van der Waals surface area contributed by atoms with Crippen molar-refractivity contribution < 1.29 is 9.47 Å². The molecule has 3 unspecified atom stereocenters. The predicted molar refractivity (Wildman–Crippen MR) is 93.1 cm³/mol. The topological polar surface area (TPSA) is 18.5 Å². The van der Waals surface area contributed by atoms with E-state index in [0.29, 0.717) is 0 Å². The highest BCUT2D eigenvalue weighted by Gasteiger charge is 2.41. The van der Waals surface area contributed by atoms with Gasteiger partial charge in [0.25, 0.3) is 0 Å².